The molecule has 1 aliphatic heterocycles. The Morgan fingerprint density at radius 2 is 2.00 bits per heavy atom. The Labute approximate surface area is 230 Å². The second-order valence-corrected chi connectivity index (χ2v) is 12.9. The van der Waals surface area contributed by atoms with Gasteiger partial charge in [-0.25, -0.2) is 23.1 Å². The number of nitrogens with one attached hydrogen (secondary N) is 2. The Bertz CT molecular complexity index is 1540. The number of hydrogen-bond donors (Lipinski definition) is 2. The summed E-state index contributed by atoms with van der Waals surface area (Å²) in [6.07, 6.45) is 0.272. The lowest BCUT2D eigenvalue weighted by Gasteiger charge is -2.37. The van der Waals surface area contributed by atoms with Gasteiger partial charge in [0.25, 0.3) is 10.0 Å². The molecule has 0 saturated carbocycles. The first-order chi connectivity index (χ1) is 18.1. The van der Waals surface area contributed by atoms with Crippen molar-refractivity contribution >= 4 is 39.1 Å². The third kappa shape index (κ3) is 6.22. The van der Waals surface area contributed by atoms with Crippen LogP contribution in [0.3, 0.4) is 0 Å². The Hall–Kier alpha value is -3.52. The minimum Gasteiger partial charge on any atom is -0.486 e. The zero-order chi connectivity index (χ0) is 28.8. The summed E-state index contributed by atoms with van der Waals surface area (Å²) in [6, 6.07) is 4.63. The average molecular weight is 583 g/mol. The normalized spacial score (nSPS) is 16.0. The molecule has 212 valence electrons. The van der Waals surface area contributed by atoms with E-state index in [-0.39, 0.29) is 40.3 Å². The van der Waals surface area contributed by atoms with Crippen LogP contribution in [0, 0.1) is 0 Å². The summed E-state index contributed by atoms with van der Waals surface area (Å²) in [7, 11) is -4.22. The van der Waals surface area contributed by atoms with Gasteiger partial charge in [-0.3, -0.25) is 14.3 Å². The number of anilines is 2. The van der Waals surface area contributed by atoms with Crippen LogP contribution in [-0.4, -0.2) is 52.7 Å². The number of fused-ring (bicyclic) bond motifs is 1. The number of aromatic amines is 1. The zero-order valence-corrected chi connectivity index (χ0v) is 24.0. The molecule has 4 rings (SSSR count). The molecule has 1 atom stereocenters. The van der Waals surface area contributed by atoms with Crippen molar-refractivity contribution in [1.82, 2.24) is 20.0 Å². The second kappa shape index (κ2) is 10.2. The molecule has 1 amide bonds. The molecule has 0 unspecified atom stereocenters. The Morgan fingerprint density at radius 1 is 1.28 bits per heavy atom. The largest absolute Gasteiger partial charge is 0.486 e. The van der Waals surface area contributed by atoms with Gasteiger partial charge >= 0.3 is 11.8 Å². The van der Waals surface area contributed by atoms with E-state index in [1.165, 1.54) is 21.3 Å². The summed E-state index contributed by atoms with van der Waals surface area (Å²) in [5.41, 5.74) is -0.997. The molecule has 0 saturated heterocycles. The number of sulfonamides is 1. The lowest BCUT2D eigenvalue weighted by Crippen LogP contribution is -2.45. The highest BCUT2D eigenvalue weighted by molar-refractivity contribution is 7.93. The lowest BCUT2D eigenvalue weighted by molar-refractivity contribution is 0.0636. The summed E-state index contributed by atoms with van der Waals surface area (Å²) >= 11 is 6.25. The minimum atomic E-state index is -4.22. The third-order valence-corrected chi connectivity index (χ3v) is 8.04. The quantitative estimate of drug-likeness (QED) is 0.420. The smallest absolute Gasteiger partial charge is 0.434 e. The summed E-state index contributed by atoms with van der Waals surface area (Å²) in [5, 5.41) is 12.7. The van der Waals surface area contributed by atoms with E-state index in [9.17, 15) is 18.0 Å². The number of aromatic nitrogens is 4. The third-order valence-electron chi connectivity index (χ3n) is 5.87. The highest BCUT2D eigenvalue weighted by Crippen LogP contribution is 2.42. The van der Waals surface area contributed by atoms with Crippen LogP contribution >= 0.6 is 11.6 Å². The first-order valence-electron chi connectivity index (χ1n) is 12.2. The van der Waals surface area contributed by atoms with E-state index in [0.29, 0.717) is 12.2 Å². The van der Waals surface area contributed by atoms with E-state index in [1.807, 2.05) is 6.92 Å². The molecule has 3 heterocycles. The fourth-order valence-corrected chi connectivity index (χ4v) is 6.10. The number of carbonyl (C=O) groups is 1. The predicted molar refractivity (Wildman–Crippen MR) is 143 cm³/mol. The Kier molecular flexibility index (Phi) is 7.47. The predicted octanol–water partition coefficient (Wildman–Crippen LogP) is 3.90. The van der Waals surface area contributed by atoms with Crippen LogP contribution in [0.1, 0.15) is 53.9 Å². The fraction of sp³-hybridized carbons (Fsp3) is 0.500. The van der Waals surface area contributed by atoms with Crippen molar-refractivity contribution < 1.29 is 27.1 Å². The van der Waals surface area contributed by atoms with Crippen LogP contribution in [-0.2, 0) is 26.7 Å². The van der Waals surface area contributed by atoms with Crippen molar-refractivity contribution in [3.8, 4) is 5.75 Å². The van der Waals surface area contributed by atoms with Crippen molar-refractivity contribution in [1.29, 1.82) is 0 Å². The highest BCUT2D eigenvalue weighted by Gasteiger charge is 2.40. The molecule has 0 spiro atoms. The highest BCUT2D eigenvalue weighted by atomic mass is 35.5. The zero-order valence-electron chi connectivity index (χ0n) is 22.4. The van der Waals surface area contributed by atoms with Gasteiger partial charge in [-0.1, -0.05) is 25.4 Å². The van der Waals surface area contributed by atoms with Gasteiger partial charge in [-0.2, -0.15) is 5.10 Å². The standard InChI is InChI=1S/C24H31ClN6O7S/c1-7-30-13-18(19(25)29-30)39(34,35)31-12-15(11-24(5,6)20-27-28-22(33)37-20)36-17-9-8-14(10-16(17)31)26-21(32)38-23(2,3)4/h8-10,13,15H,7,11-12H2,1-6H3,(H,26,32)(H,28,33)/t15-/m0/s1. The Morgan fingerprint density at radius 3 is 2.59 bits per heavy atom. The van der Waals surface area contributed by atoms with Gasteiger partial charge in [-0.05, 0) is 52.3 Å². The summed E-state index contributed by atoms with van der Waals surface area (Å²) in [4.78, 5) is 23.7. The first kappa shape index (κ1) is 28.5. The summed E-state index contributed by atoms with van der Waals surface area (Å²) < 4.78 is 47.2. The average Bonchev–Trinajstić information content (AvgIpc) is 3.43. The maximum Gasteiger partial charge on any atom is 0.434 e. The van der Waals surface area contributed by atoms with Crippen LogP contribution in [0.15, 0.2) is 38.5 Å². The molecular weight excluding hydrogens is 552 g/mol. The summed E-state index contributed by atoms with van der Waals surface area (Å²) in [5.74, 6) is -0.256. The van der Waals surface area contributed by atoms with Gasteiger partial charge < -0.3 is 13.9 Å². The van der Waals surface area contributed by atoms with Crippen LogP contribution in [0.2, 0.25) is 5.15 Å². The van der Waals surface area contributed by atoms with Gasteiger partial charge in [0, 0.05) is 23.8 Å². The number of benzene rings is 1. The molecule has 0 bridgehead atoms. The molecule has 1 aromatic carbocycles. The number of nitrogens with zero attached hydrogens (tertiary/aromatic N) is 4. The minimum absolute atomic E-state index is 0.100. The second-order valence-electron chi connectivity index (χ2n) is 10.7. The number of carbonyl (C=O) groups excluding carboxylic acids is 1. The summed E-state index contributed by atoms with van der Waals surface area (Å²) in [6.45, 7) is 10.9. The van der Waals surface area contributed by atoms with Gasteiger partial charge in [0.15, 0.2) is 5.15 Å². The molecule has 13 nitrogen and oxygen atoms in total. The number of H-pyrrole nitrogens is 1. The maximum absolute atomic E-state index is 13.9. The number of hydrogen-bond acceptors (Lipinski definition) is 9. The van der Waals surface area contributed by atoms with Gasteiger partial charge in [0.05, 0.1) is 12.2 Å². The first-order valence-corrected chi connectivity index (χ1v) is 14.0. The van der Waals surface area contributed by atoms with Crippen molar-refractivity contribution in [3.05, 3.63) is 46.0 Å². The van der Waals surface area contributed by atoms with E-state index in [0.717, 1.165) is 0 Å². The van der Waals surface area contributed by atoms with Crippen LogP contribution < -0.4 is 20.1 Å². The number of rotatable bonds is 7. The van der Waals surface area contributed by atoms with E-state index < -0.39 is 39.0 Å². The van der Waals surface area contributed by atoms with E-state index in [4.69, 9.17) is 25.5 Å². The van der Waals surface area contributed by atoms with Crippen molar-refractivity contribution in [2.75, 3.05) is 16.2 Å². The molecule has 3 aromatic rings. The van der Waals surface area contributed by atoms with Crippen molar-refractivity contribution in [3.63, 3.8) is 0 Å². The maximum atomic E-state index is 13.9. The van der Waals surface area contributed by atoms with E-state index in [1.54, 1.807) is 46.8 Å². The number of amides is 1. The van der Waals surface area contributed by atoms with Crippen molar-refractivity contribution in [2.24, 2.45) is 0 Å². The molecule has 39 heavy (non-hydrogen) atoms. The van der Waals surface area contributed by atoms with E-state index in [2.05, 4.69) is 20.6 Å². The molecule has 2 aromatic heterocycles. The number of aryl methyl sites for hydroxylation is 1. The lowest BCUT2D eigenvalue weighted by atomic mass is 9.86. The topological polar surface area (TPSA) is 162 Å². The fourth-order valence-electron chi connectivity index (χ4n) is 4.15. The molecule has 2 N–H and O–H groups in total. The number of halogens is 1. The molecular formula is C24H31ClN6O7S. The van der Waals surface area contributed by atoms with Crippen LogP contribution in [0.5, 0.6) is 5.75 Å². The molecule has 0 fully saturated rings. The SMILES string of the molecule is CCn1cc(S(=O)(=O)N2C[C@H](CC(C)(C)c3n[nH]c(=O)o3)Oc3ccc(NC(=O)OC(C)(C)C)cc32)c(Cl)n1. The van der Waals surface area contributed by atoms with E-state index >= 15 is 0 Å². The molecule has 15 heteroatoms. The number of ether oxygens (including phenoxy) is 2. The monoisotopic (exact) mass is 582 g/mol. The van der Waals surface area contributed by atoms with Gasteiger partial charge in [0.2, 0.25) is 5.89 Å². The molecule has 0 aliphatic carbocycles. The van der Waals surface area contributed by atoms with Crippen molar-refractivity contribution in [2.45, 2.75) is 76.5 Å². The molecule has 1 aliphatic rings. The molecule has 0 radical (unpaired) electrons. The van der Waals surface area contributed by atoms with Crippen LogP contribution in [0.4, 0.5) is 16.2 Å². The van der Waals surface area contributed by atoms with Gasteiger partial charge in [0.1, 0.15) is 22.4 Å². The van der Waals surface area contributed by atoms with Crippen LogP contribution in [0.25, 0.3) is 0 Å². The Balaban J connectivity index is 1.73. The van der Waals surface area contributed by atoms with Gasteiger partial charge in [-0.15, -0.1) is 5.10 Å².